The molecule has 15 heavy (non-hydrogen) atoms. The normalized spacial score (nSPS) is 11.1. The van der Waals surface area contributed by atoms with E-state index < -0.39 is 10.1 Å². The summed E-state index contributed by atoms with van der Waals surface area (Å²) in [5.74, 6) is -0.0914. The molecule has 3 nitrogen and oxygen atoms in total. The number of unbranched alkanes of at least 4 members (excludes halogenated alkanes) is 7. The van der Waals surface area contributed by atoms with Gasteiger partial charge >= 0.3 is 51.4 Å². The van der Waals surface area contributed by atoms with Gasteiger partial charge in [0.05, 0.1) is 5.75 Å². The fraction of sp³-hybridized carbons (Fsp3) is 0.900. The Hall–Kier alpha value is 1.55. The second-order valence-corrected chi connectivity index (χ2v) is 5.19. The van der Waals surface area contributed by atoms with E-state index in [1.165, 1.54) is 19.3 Å². The fourth-order valence-electron chi connectivity index (χ4n) is 1.35. The van der Waals surface area contributed by atoms with Crippen LogP contribution in [0.3, 0.4) is 0 Å². The molecule has 0 spiro atoms. The molecule has 1 radical (unpaired) electrons. The second-order valence-electron chi connectivity index (χ2n) is 3.61. The number of rotatable bonds is 9. The van der Waals surface area contributed by atoms with E-state index >= 15 is 0 Å². The third-order valence-corrected chi connectivity index (χ3v) is 2.96. The molecule has 0 bridgehead atoms. The van der Waals surface area contributed by atoms with Crippen molar-refractivity contribution in [3.8, 4) is 0 Å². The average Bonchev–Trinajstić information content (AvgIpc) is 2.08. The van der Waals surface area contributed by atoms with Gasteiger partial charge in [0.25, 0.3) is 10.1 Å². The summed E-state index contributed by atoms with van der Waals surface area (Å²) < 4.78 is 29.2. The molecule has 0 saturated heterocycles. The molecule has 0 unspecified atom stereocenters. The van der Waals surface area contributed by atoms with E-state index in [2.05, 4.69) is 6.92 Å². The maximum atomic E-state index is 10.4. The Bertz CT molecular complexity index is 215. The first-order chi connectivity index (χ1) is 6.56. The molecule has 0 heterocycles. The van der Waals surface area contributed by atoms with E-state index in [0.29, 0.717) is 6.42 Å². The van der Waals surface area contributed by atoms with Gasteiger partial charge in [-0.25, -0.2) is 0 Å². The predicted octanol–water partition coefficient (Wildman–Crippen LogP) is 2.18. The molecule has 0 aliphatic heterocycles. The van der Waals surface area contributed by atoms with E-state index in [1.54, 1.807) is 0 Å². The van der Waals surface area contributed by atoms with E-state index in [1.807, 2.05) is 0 Å². The van der Waals surface area contributed by atoms with Crippen LogP contribution >= 0.6 is 0 Å². The molecule has 0 atom stereocenters. The van der Waals surface area contributed by atoms with Crippen LogP contribution in [0.4, 0.5) is 0 Å². The van der Waals surface area contributed by atoms with Crippen molar-refractivity contribution in [3.05, 3.63) is 6.92 Å². The molecule has 5 heteroatoms. The SMILES string of the molecule is [CH2]CCCCCCCCCS(=O)(=O)O.[KH]. The second kappa shape index (κ2) is 12.0. The quantitative estimate of drug-likeness (QED) is 0.393. The predicted molar refractivity (Wildman–Crippen MR) is 65.9 cm³/mol. The topological polar surface area (TPSA) is 54.4 Å². The summed E-state index contributed by atoms with van der Waals surface area (Å²) in [5, 5.41) is 0. The molecule has 87 valence electrons. The van der Waals surface area contributed by atoms with Gasteiger partial charge < -0.3 is 0 Å². The van der Waals surface area contributed by atoms with E-state index in [9.17, 15) is 8.42 Å². The Balaban J connectivity index is 0. The van der Waals surface area contributed by atoms with E-state index in [0.717, 1.165) is 25.7 Å². The minimum atomic E-state index is -3.73. The summed E-state index contributed by atoms with van der Waals surface area (Å²) in [7, 11) is -3.73. The summed E-state index contributed by atoms with van der Waals surface area (Å²) in [6.45, 7) is 3.77. The molecule has 0 aromatic carbocycles. The average molecular weight is 261 g/mol. The standard InChI is InChI=1S/C10H21O3S.K.H/c1-2-3-4-5-6-7-8-9-10-14(11,12)13;;/h1-10H2,(H,11,12,13);;. The zero-order valence-corrected chi connectivity index (χ0v) is 9.56. The van der Waals surface area contributed by atoms with Crippen molar-refractivity contribution in [2.45, 2.75) is 51.4 Å². The van der Waals surface area contributed by atoms with Crippen molar-refractivity contribution in [1.29, 1.82) is 0 Å². The van der Waals surface area contributed by atoms with Gasteiger partial charge in [-0.3, -0.25) is 4.55 Å². The van der Waals surface area contributed by atoms with Gasteiger partial charge in [-0.05, 0) is 6.42 Å². The van der Waals surface area contributed by atoms with Gasteiger partial charge in [-0.1, -0.05) is 51.9 Å². The fourth-order valence-corrected chi connectivity index (χ4v) is 1.91. The first-order valence-electron chi connectivity index (χ1n) is 5.30. The summed E-state index contributed by atoms with van der Waals surface area (Å²) in [6, 6.07) is 0. The zero-order chi connectivity index (χ0) is 10.9. The molecule has 0 fully saturated rings. The van der Waals surface area contributed by atoms with Crippen LogP contribution in [-0.4, -0.2) is 70.1 Å². The molecule has 0 aliphatic rings. The molecule has 0 aromatic heterocycles. The summed E-state index contributed by atoms with van der Waals surface area (Å²) in [5.41, 5.74) is 0. The molecular formula is C10H22KO3S. The molecule has 0 aromatic rings. The Labute approximate surface area is 137 Å². The minimum absolute atomic E-state index is 0. The van der Waals surface area contributed by atoms with Crippen molar-refractivity contribution in [1.82, 2.24) is 0 Å². The molecule has 0 amide bonds. The van der Waals surface area contributed by atoms with Crippen LogP contribution in [0.2, 0.25) is 0 Å². The first-order valence-corrected chi connectivity index (χ1v) is 6.91. The van der Waals surface area contributed by atoms with Gasteiger partial charge in [0.1, 0.15) is 0 Å². The van der Waals surface area contributed by atoms with Gasteiger partial charge in [-0.15, -0.1) is 0 Å². The third-order valence-electron chi connectivity index (χ3n) is 2.15. The zero-order valence-electron chi connectivity index (χ0n) is 8.74. The van der Waals surface area contributed by atoms with Crippen LogP contribution in [0.1, 0.15) is 51.4 Å². The summed E-state index contributed by atoms with van der Waals surface area (Å²) in [6.07, 6.45) is 8.31. The monoisotopic (exact) mass is 261 g/mol. The van der Waals surface area contributed by atoms with Gasteiger partial charge in [0.2, 0.25) is 0 Å². The number of hydrogen-bond donors (Lipinski definition) is 1. The van der Waals surface area contributed by atoms with Crippen LogP contribution in [0.25, 0.3) is 0 Å². The van der Waals surface area contributed by atoms with Crippen molar-refractivity contribution in [2.24, 2.45) is 0 Å². The van der Waals surface area contributed by atoms with Crippen LogP contribution in [-0.2, 0) is 10.1 Å². The Morgan fingerprint density at radius 1 is 0.867 bits per heavy atom. The molecular weight excluding hydrogens is 239 g/mol. The maximum absolute atomic E-state index is 10.4. The first kappa shape index (κ1) is 18.9. The Morgan fingerprint density at radius 2 is 1.27 bits per heavy atom. The Kier molecular flexibility index (Phi) is 15.1. The summed E-state index contributed by atoms with van der Waals surface area (Å²) in [4.78, 5) is 0. The molecule has 0 aliphatic carbocycles. The van der Waals surface area contributed by atoms with Crippen molar-refractivity contribution in [2.75, 3.05) is 5.75 Å². The van der Waals surface area contributed by atoms with Crippen LogP contribution in [0, 0.1) is 6.92 Å². The van der Waals surface area contributed by atoms with Crippen LogP contribution < -0.4 is 0 Å². The van der Waals surface area contributed by atoms with E-state index in [4.69, 9.17) is 4.55 Å². The third kappa shape index (κ3) is 18.1. The van der Waals surface area contributed by atoms with Gasteiger partial charge in [0.15, 0.2) is 0 Å². The van der Waals surface area contributed by atoms with Crippen molar-refractivity contribution in [3.63, 3.8) is 0 Å². The van der Waals surface area contributed by atoms with E-state index in [-0.39, 0.29) is 57.1 Å². The van der Waals surface area contributed by atoms with Gasteiger partial charge in [0, 0.05) is 0 Å². The summed E-state index contributed by atoms with van der Waals surface area (Å²) >= 11 is 0. The van der Waals surface area contributed by atoms with Crippen LogP contribution in [0.5, 0.6) is 0 Å². The molecule has 0 rings (SSSR count). The number of hydrogen-bond acceptors (Lipinski definition) is 2. The van der Waals surface area contributed by atoms with Crippen molar-refractivity contribution < 1.29 is 13.0 Å². The molecule has 1 N–H and O–H groups in total. The Morgan fingerprint density at radius 3 is 1.67 bits per heavy atom. The van der Waals surface area contributed by atoms with Gasteiger partial charge in [-0.2, -0.15) is 8.42 Å². The molecule has 0 saturated carbocycles. The van der Waals surface area contributed by atoms with Crippen molar-refractivity contribution >= 4 is 61.5 Å². The van der Waals surface area contributed by atoms with Crippen LogP contribution in [0.15, 0.2) is 0 Å².